The summed E-state index contributed by atoms with van der Waals surface area (Å²) in [5.41, 5.74) is 1.28. The van der Waals surface area contributed by atoms with Gasteiger partial charge in [0, 0.05) is 13.2 Å². The van der Waals surface area contributed by atoms with E-state index in [2.05, 4.69) is 4.72 Å². The van der Waals surface area contributed by atoms with Gasteiger partial charge in [0.05, 0.1) is 16.6 Å². The molecule has 1 N–H and O–H groups in total. The molecule has 1 atom stereocenters. The highest BCUT2D eigenvalue weighted by Gasteiger charge is 2.20. The van der Waals surface area contributed by atoms with Crippen LogP contribution >= 0.6 is 0 Å². The van der Waals surface area contributed by atoms with Crippen molar-refractivity contribution < 1.29 is 27.4 Å². The van der Waals surface area contributed by atoms with Gasteiger partial charge in [-0.1, -0.05) is 18.2 Å². The number of nitrogens with one attached hydrogen (secondary N) is 1. The Labute approximate surface area is 171 Å². The van der Waals surface area contributed by atoms with E-state index >= 15 is 0 Å². The number of hydrogen-bond donors (Lipinski definition) is 1. The number of hydrogen-bond acceptors (Lipinski definition) is 6. The van der Waals surface area contributed by atoms with E-state index in [9.17, 15) is 13.2 Å². The quantitative estimate of drug-likeness (QED) is 0.496. The van der Waals surface area contributed by atoms with Crippen LogP contribution < -0.4 is 9.46 Å². The molecule has 0 aliphatic carbocycles. The highest BCUT2D eigenvalue weighted by molar-refractivity contribution is 7.89. The van der Waals surface area contributed by atoms with Gasteiger partial charge in [0.2, 0.25) is 10.0 Å². The van der Waals surface area contributed by atoms with Crippen molar-refractivity contribution in [2.24, 2.45) is 0 Å². The average molecular weight is 419 g/mol. The van der Waals surface area contributed by atoms with Crippen molar-refractivity contribution in [1.29, 1.82) is 0 Å². The molecule has 7 nitrogen and oxygen atoms in total. The summed E-state index contributed by atoms with van der Waals surface area (Å²) in [6.07, 6.45) is 1.71. The zero-order chi connectivity index (χ0) is 20.7. The maximum atomic E-state index is 12.3. The number of carbonyl (C=O) groups is 1. The minimum atomic E-state index is -3.65. The Morgan fingerprint density at radius 1 is 1.14 bits per heavy atom. The van der Waals surface area contributed by atoms with Crippen LogP contribution in [0.1, 0.15) is 28.8 Å². The van der Waals surface area contributed by atoms with E-state index < -0.39 is 16.0 Å². The maximum Gasteiger partial charge on any atom is 0.338 e. The molecule has 1 unspecified atom stereocenters. The summed E-state index contributed by atoms with van der Waals surface area (Å²) in [5.74, 6) is 0.211. The Balaban J connectivity index is 1.47. The number of benzene rings is 2. The van der Waals surface area contributed by atoms with Gasteiger partial charge >= 0.3 is 5.97 Å². The lowest BCUT2D eigenvalue weighted by Gasteiger charge is -2.12. The molecule has 0 spiro atoms. The Morgan fingerprint density at radius 3 is 2.59 bits per heavy atom. The number of esters is 1. The van der Waals surface area contributed by atoms with Crippen LogP contribution in [-0.4, -0.2) is 46.9 Å². The van der Waals surface area contributed by atoms with Gasteiger partial charge in [-0.05, 0) is 55.7 Å². The van der Waals surface area contributed by atoms with Gasteiger partial charge in [-0.15, -0.1) is 0 Å². The van der Waals surface area contributed by atoms with E-state index in [1.54, 1.807) is 0 Å². The van der Waals surface area contributed by atoms with Gasteiger partial charge in [0.1, 0.15) is 19.0 Å². The second-order valence-corrected chi connectivity index (χ2v) is 8.53. The largest absolute Gasteiger partial charge is 0.490 e. The fraction of sp³-hybridized carbons (Fsp3) is 0.381. The molecule has 0 radical (unpaired) electrons. The van der Waals surface area contributed by atoms with Crippen LogP contribution in [0.2, 0.25) is 0 Å². The molecule has 2 aromatic carbocycles. The molecule has 1 fully saturated rings. The van der Waals surface area contributed by atoms with Crippen LogP contribution in [0.5, 0.6) is 5.75 Å². The van der Waals surface area contributed by atoms with Crippen LogP contribution in [-0.2, 0) is 19.5 Å². The molecule has 3 rings (SSSR count). The summed E-state index contributed by atoms with van der Waals surface area (Å²) < 4.78 is 43.4. The van der Waals surface area contributed by atoms with E-state index in [0.29, 0.717) is 6.61 Å². The van der Waals surface area contributed by atoms with Crippen molar-refractivity contribution in [2.45, 2.75) is 30.8 Å². The molecule has 0 bridgehead atoms. The van der Waals surface area contributed by atoms with Gasteiger partial charge in [0.15, 0.2) is 0 Å². The van der Waals surface area contributed by atoms with Crippen molar-refractivity contribution in [3.05, 3.63) is 59.7 Å². The maximum absolute atomic E-state index is 12.3. The molecule has 1 heterocycles. The Hall–Kier alpha value is -2.42. The number of sulfonamides is 1. The van der Waals surface area contributed by atoms with Crippen molar-refractivity contribution >= 4 is 16.0 Å². The molecule has 156 valence electrons. The summed E-state index contributed by atoms with van der Waals surface area (Å²) in [5, 5.41) is 0. The van der Waals surface area contributed by atoms with E-state index in [4.69, 9.17) is 14.2 Å². The van der Waals surface area contributed by atoms with Crippen LogP contribution in [0.4, 0.5) is 0 Å². The summed E-state index contributed by atoms with van der Waals surface area (Å²) >= 11 is 0. The fourth-order valence-electron chi connectivity index (χ4n) is 2.95. The number of carbonyl (C=O) groups excluding carboxylic acids is 1. The van der Waals surface area contributed by atoms with Gasteiger partial charge in [0.25, 0.3) is 0 Å². The molecule has 8 heteroatoms. The van der Waals surface area contributed by atoms with Crippen LogP contribution in [0.3, 0.4) is 0 Å². The van der Waals surface area contributed by atoms with E-state index in [1.165, 1.54) is 24.3 Å². The van der Waals surface area contributed by atoms with Crippen molar-refractivity contribution in [3.63, 3.8) is 0 Å². The zero-order valence-corrected chi connectivity index (χ0v) is 17.1. The Morgan fingerprint density at radius 2 is 1.90 bits per heavy atom. The first-order valence-corrected chi connectivity index (χ1v) is 11.0. The molecule has 0 saturated carbocycles. The highest BCUT2D eigenvalue weighted by atomic mass is 32.2. The van der Waals surface area contributed by atoms with Crippen LogP contribution in [0.25, 0.3) is 0 Å². The first-order valence-electron chi connectivity index (χ1n) is 9.52. The molecular weight excluding hydrogens is 394 g/mol. The van der Waals surface area contributed by atoms with E-state index in [1.807, 2.05) is 31.2 Å². The lowest BCUT2D eigenvalue weighted by molar-refractivity contribution is 0.0450. The third-order valence-electron chi connectivity index (χ3n) is 4.59. The topological polar surface area (TPSA) is 90.9 Å². The Bertz CT molecular complexity index is 920. The third kappa shape index (κ3) is 6.03. The second kappa shape index (κ2) is 9.87. The molecule has 29 heavy (non-hydrogen) atoms. The average Bonchev–Trinajstić information content (AvgIpc) is 3.25. The minimum absolute atomic E-state index is 0.0825. The van der Waals surface area contributed by atoms with Gasteiger partial charge in [-0.3, -0.25) is 0 Å². The Kier molecular flexibility index (Phi) is 7.24. The molecule has 0 aromatic heterocycles. The highest BCUT2D eigenvalue weighted by Crippen LogP contribution is 2.16. The first kappa shape index (κ1) is 21.3. The standard InChI is InChI=1S/C21H25NO6S/c1-16-5-2-3-7-20(16)27-13-14-28-21(23)17-8-10-19(11-9-17)29(24,25)22-15-18-6-4-12-26-18/h2-3,5,7-11,18,22H,4,6,12-15H2,1H3. The monoisotopic (exact) mass is 419 g/mol. The first-order chi connectivity index (χ1) is 14.0. The van der Waals surface area contributed by atoms with Crippen LogP contribution in [0.15, 0.2) is 53.4 Å². The molecule has 1 aliphatic rings. The molecular formula is C21H25NO6S. The number of aryl methyl sites for hydroxylation is 1. The normalized spacial score (nSPS) is 16.5. The van der Waals surface area contributed by atoms with E-state index in [0.717, 1.165) is 24.2 Å². The van der Waals surface area contributed by atoms with Gasteiger partial charge in [-0.2, -0.15) is 0 Å². The SMILES string of the molecule is Cc1ccccc1OCCOC(=O)c1ccc(S(=O)(=O)NCC2CCCO2)cc1. The smallest absolute Gasteiger partial charge is 0.338 e. The molecule has 0 amide bonds. The van der Waals surface area contributed by atoms with Crippen molar-refractivity contribution in [1.82, 2.24) is 4.72 Å². The summed E-state index contributed by atoms with van der Waals surface area (Å²) in [7, 11) is -3.65. The summed E-state index contributed by atoms with van der Waals surface area (Å²) in [4.78, 5) is 12.2. The summed E-state index contributed by atoms with van der Waals surface area (Å²) in [6, 6.07) is 13.2. The van der Waals surface area contributed by atoms with Crippen molar-refractivity contribution in [3.8, 4) is 5.75 Å². The number of para-hydroxylation sites is 1. The van der Waals surface area contributed by atoms with E-state index in [-0.39, 0.29) is 36.3 Å². The predicted octanol–water partition coefficient (Wildman–Crippen LogP) is 2.69. The zero-order valence-electron chi connectivity index (χ0n) is 16.3. The number of ether oxygens (including phenoxy) is 3. The lowest BCUT2D eigenvalue weighted by atomic mass is 10.2. The van der Waals surface area contributed by atoms with Gasteiger partial charge < -0.3 is 14.2 Å². The minimum Gasteiger partial charge on any atom is -0.490 e. The van der Waals surface area contributed by atoms with Crippen LogP contribution in [0, 0.1) is 6.92 Å². The van der Waals surface area contributed by atoms with Gasteiger partial charge in [-0.25, -0.2) is 17.9 Å². The predicted molar refractivity (Wildman–Crippen MR) is 108 cm³/mol. The second-order valence-electron chi connectivity index (χ2n) is 6.76. The number of rotatable bonds is 9. The fourth-order valence-corrected chi connectivity index (χ4v) is 4.02. The molecule has 1 aliphatic heterocycles. The third-order valence-corrected chi connectivity index (χ3v) is 6.03. The molecule has 2 aromatic rings. The lowest BCUT2D eigenvalue weighted by Crippen LogP contribution is -2.31. The summed E-state index contributed by atoms with van der Waals surface area (Å²) in [6.45, 7) is 3.17. The van der Waals surface area contributed by atoms with Crippen molar-refractivity contribution in [2.75, 3.05) is 26.4 Å². The molecule has 1 saturated heterocycles.